The molecule has 1 N–H and O–H groups in total. The highest BCUT2D eigenvalue weighted by atomic mass is 32.1. The van der Waals surface area contributed by atoms with Crippen molar-refractivity contribution in [1.82, 2.24) is 10.3 Å². The van der Waals surface area contributed by atoms with E-state index in [9.17, 15) is 0 Å². The molecule has 0 aliphatic rings. The molecule has 20 heavy (non-hydrogen) atoms. The number of aromatic nitrogens is 1. The molecule has 1 aromatic carbocycles. The summed E-state index contributed by atoms with van der Waals surface area (Å²) in [4.78, 5) is 4.69. The lowest BCUT2D eigenvalue weighted by Gasteiger charge is -2.05. The maximum absolute atomic E-state index is 5.45. The molecule has 0 aliphatic carbocycles. The van der Waals surface area contributed by atoms with Crippen molar-refractivity contribution in [1.29, 1.82) is 0 Å². The Morgan fingerprint density at radius 3 is 2.65 bits per heavy atom. The van der Waals surface area contributed by atoms with Crippen LogP contribution in [0, 0.1) is 0 Å². The second kappa shape index (κ2) is 7.41. The predicted octanol–water partition coefficient (Wildman–Crippen LogP) is 3.75. The van der Waals surface area contributed by atoms with Gasteiger partial charge in [-0.15, -0.1) is 11.3 Å². The molecule has 0 saturated heterocycles. The van der Waals surface area contributed by atoms with Crippen LogP contribution in [0.1, 0.15) is 25.8 Å². The van der Waals surface area contributed by atoms with Gasteiger partial charge in [-0.05, 0) is 31.2 Å². The van der Waals surface area contributed by atoms with Crippen LogP contribution in [0.2, 0.25) is 0 Å². The van der Waals surface area contributed by atoms with Crippen molar-refractivity contribution in [2.75, 3.05) is 13.2 Å². The van der Waals surface area contributed by atoms with E-state index >= 15 is 0 Å². The van der Waals surface area contributed by atoms with E-state index in [1.165, 1.54) is 5.01 Å². The number of benzene rings is 1. The molecule has 0 aliphatic heterocycles. The van der Waals surface area contributed by atoms with Gasteiger partial charge in [0.15, 0.2) is 0 Å². The zero-order chi connectivity index (χ0) is 14.4. The van der Waals surface area contributed by atoms with Gasteiger partial charge in [0, 0.05) is 30.0 Å². The average molecular weight is 290 g/mol. The maximum Gasteiger partial charge on any atom is 0.119 e. The van der Waals surface area contributed by atoms with Crippen LogP contribution in [-0.4, -0.2) is 24.2 Å². The highest BCUT2D eigenvalue weighted by molar-refractivity contribution is 7.09. The lowest BCUT2D eigenvalue weighted by atomic mass is 10.2. The normalized spacial score (nSPS) is 11.0. The average Bonchev–Trinajstić information content (AvgIpc) is 2.88. The molecule has 2 aromatic rings. The van der Waals surface area contributed by atoms with Crippen LogP contribution in [0.3, 0.4) is 0 Å². The van der Waals surface area contributed by atoms with Gasteiger partial charge in [0.25, 0.3) is 0 Å². The van der Waals surface area contributed by atoms with Crippen molar-refractivity contribution in [3.63, 3.8) is 0 Å². The summed E-state index contributed by atoms with van der Waals surface area (Å²) in [5.74, 6) is 0.910. The fourth-order valence-electron chi connectivity index (χ4n) is 1.91. The molecule has 0 amide bonds. The second-order valence-electron chi connectivity index (χ2n) is 4.94. The highest BCUT2D eigenvalue weighted by Crippen LogP contribution is 2.24. The SMILES string of the molecule is CCOc1ccc(-c2csc(CCNC(C)C)n2)cc1. The van der Waals surface area contributed by atoms with Crippen molar-refractivity contribution < 1.29 is 4.74 Å². The van der Waals surface area contributed by atoms with Gasteiger partial charge in [-0.1, -0.05) is 13.8 Å². The van der Waals surface area contributed by atoms with Gasteiger partial charge in [-0.2, -0.15) is 0 Å². The molecule has 0 saturated carbocycles. The van der Waals surface area contributed by atoms with Crippen molar-refractivity contribution in [3.05, 3.63) is 34.7 Å². The topological polar surface area (TPSA) is 34.1 Å². The molecule has 0 fully saturated rings. The summed E-state index contributed by atoms with van der Waals surface area (Å²) < 4.78 is 5.45. The first-order valence-corrected chi connectivity index (χ1v) is 7.98. The minimum atomic E-state index is 0.528. The minimum Gasteiger partial charge on any atom is -0.494 e. The Labute approximate surface area is 125 Å². The first kappa shape index (κ1) is 15.0. The van der Waals surface area contributed by atoms with Crippen molar-refractivity contribution in [2.24, 2.45) is 0 Å². The molecular formula is C16H22N2OS. The van der Waals surface area contributed by atoms with E-state index in [0.29, 0.717) is 12.6 Å². The fraction of sp³-hybridized carbons (Fsp3) is 0.438. The Morgan fingerprint density at radius 1 is 1.25 bits per heavy atom. The summed E-state index contributed by atoms with van der Waals surface area (Å²) in [5.41, 5.74) is 2.20. The number of ether oxygens (including phenoxy) is 1. The lowest BCUT2D eigenvalue weighted by Crippen LogP contribution is -2.24. The third-order valence-electron chi connectivity index (χ3n) is 2.90. The maximum atomic E-state index is 5.45. The van der Waals surface area contributed by atoms with Crippen molar-refractivity contribution >= 4 is 11.3 Å². The molecule has 1 heterocycles. The third-order valence-corrected chi connectivity index (χ3v) is 3.81. The van der Waals surface area contributed by atoms with Crippen LogP contribution in [0.5, 0.6) is 5.75 Å². The molecule has 1 aromatic heterocycles. The summed E-state index contributed by atoms with van der Waals surface area (Å²) in [5, 5.41) is 6.72. The molecule has 3 nitrogen and oxygen atoms in total. The standard InChI is InChI=1S/C16H22N2OS/c1-4-19-14-7-5-13(6-8-14)15-11-20-16(18-15)9-10-17-12(2)3/h5-8,11-12,17H,4,9-10H2,1-3H3. The van der Waals surface area contributed by atoms with Gasteiger partial charge >= 0.3 is 0 Å². The van der Waals surface area contributed by atoms with Crippen LogP contribution in [0.15, 0.2) is 29.6 Å². The molecule has 0 atom stereocenters. The second-order valence-corrected chi connectivity index (χ2v) is 5.89. The zero-order valence-corrected chi connectivity index (χ0v) is 13.2. The number of hydrogen-bond donors (Lipinski definition) is 1. The molecule has 0 unspecified atom stereocenters. The van der Waals surface area contributed by atoms with Gasteiger partial charge in [-0.25, -0.2) is 4.98 Å². The Hall–Kier alpha value is -1.39. The Balaban J connectivity index is 1.97. The van der Waals surface area contributed by atoms with E-state index in [1.54, 1.807) is 11.3 Å². The van der Waals surface area contributed by atoms with Gasteiger partial charge in [0.05, 0.1) is 17.3 Å². The molecule has 108 valence electrons. The minimum absolute atomic E-state index is 0.528. The first-order valence-electron chi connectivity index (χ1n) is 7.10. The van der Waals surface area contributed by atoms with E-state index in [0.717, 1.165) is 30.0 Å². The van der Waals surface area contributed by atoms with E-state index in [-0.39, 0.29) is 0 Å². The summed E-state index contributed by atoms with van der Waals surface area (Å²) >= 11 is 1.73. The first-order chi connectivity index (χ1) is 9.69. The monoisotopic (exact) mass is 290 g/mol. The molecule has 0 bridgehead atoms. The number of nitrogens with zero attached hydrogens (tertiary/aromatic N) is 1. The highest BCUT2D eigenvalue weighted by Gasteiger charge is 2.05. The molecule has 0 radical (unpaired) electrons. The summed E-state index contributed by atoms with van der Waals surface area (Å²) in [6.45, 7) is 7.99. The number of rotatable bonds is 7. The molecule has 0 spiro atoms. The van der Waals surface area contributed by atoms with Crippen LogP contribution < -0.4 is 10.1 Å². The number of thiazole rings is 1. The summed E-state index contributed by atoms with van der Waals surface area (Å²) in [7, 11) is 0. The Morgan fingerprint density at radius 2 is 2.00 bits per heavy atom. The van der Waals surface area contributed by atoms with Crippen molar-refractivity contribution in [3.8, 4) is 17.0 Å². The van der Waals surface area contributed by atoms with Crippen LogP contribution >= 0.6 is 11.3 Å². The molecular weight excluding hydrogens is 268 g/mol. The largest absolute Gasteiger partial charge is 0.494 e. The quantitative estimate of drug-likeness (QED) is 0.843. The molecule has 2 rings (SSSR count). The van der Waals surface area contributed by atoms with Gasteiger partial charge in [-0.3, -0.25) is 0 Å². The summed E-state index contributed by atoms with van der Waals surface area (Å²) in [6.07, 6.45) is 0.986. The lowest BCUT2D eigenvalue weighted by molar-refractivity contribution is 0.340. The van der Waals surface area contributed by atoms with Crippen LogP contribution in [-0.2, 0) is 6.42 Å². The van der Waals surface area contributed by atoms with E-state index < -0.39 is 0 Å². The Kier molecular flexibility index (Phi) is 5.56. The van der Waals surface area contributed by atoms with Gasteiger partial charge < -0.3 is 10.1 Å². The van der Waals surface area contributed by atoms with Crippen molar-refractivity contribution in [2.45, 2.75) is 33.2 Å². The number of hydrogen-bond acceptors (Lipinski definition) is 4. The van der Waals surface area contributed by atoms with E-state index in [4.69, 9.17) is 9.72 Å². The zero-order valence-electron chi connectivity index (χ0n) is 12.3. The van der Waals surface area contributed by atoms with E-state index in [2.05, 4.69) is 36.7 Å². The van der Waals surface area contributed by atoms with Crippen LogP contribution in [0.4, 0.5) is 0 Å². The predicted molar refractivity (Wildman–Crippen MR) is 85.6 cm³/mol. The van der Waals surface area contributed by atoms with Gasteiger partial charge in [0.1, 0.15) is 5.75 Å². The third kappa shape index (κ3) is 4.32. The van der Waals surface area contributed by atoms with Crippen LogP contribution in [0.25, 0.3) is 11.3 Å². The summed E-state index contributed by atoms with van der Waals surface area (Å²) in [6, 6.07) is 8.66. The Bertz CT molecular complexity index is 520. The smallest absolute Gasteiger partial charge is 0.119 e. The number of nitrogens with one attached hydrogen (secondary N) is 1. The fourth-order valence-corrected chi connectivity index (χ4v) is 2.72. The van der Waals surface area contributed by atoms with Gasteiger partial charge in [0.2, 0.25) is 0 Å². The van der Waals surface area contributed by atoms with E-state index in [1.807, 2.05) is 19.1 Å². The molecule has 4 heteroatoms.